The van der Waals surface area contributed by atoms with E-state index in [0.717, 1.165) is 6.61 Å². The van der Waals surface area contributed by atoms with Gasteiger partial charge in [-0.2, -0.15) is 0 Å². The van der Waals surface area contributed by atoms with Crippen LogP contribution < -0.4 is 0 Å². The number of epoxide rings is 1. The van der Waals surface area contributed by atoms with Crippen molar-refractivity contribution in [1.29, 1.82) is 0 Å². The Morgan fingerprint density at radius 3 is 2.79 bits per heavy atom. The second-order valence-corrected chi connectivity index (χ2v) is 5.88. The number of fused-ring (bicyclic) bond motifs is 1. The quantitative estimate of drug-likeness (QED) is 0.544. The second kappa shape index (κ2) is 5.64. The van der Waals surface area contributed by atoms with Gasteiger partial charge >= 0.3 is 0 Å². The van der Waals surface area contributed by atoms with E-state index in [1.165, 1.54) is 44.1 Å². The molecule has 0 unspecified atom stereocenters. The van der Waals surface area contributed by atoms with E-state index >= 15 is 0 Å². The smallest absolute Gasteiger partial charge is 0.121 e. The Morgan fingerprint density at radius 1 is 1.21 bits per heavy atom. The van der Waals surface area contributed by atoms with E-state index in [9.17, 15) is 0 Å². The molecule has 0 amide bonds. The number of benzene rings is 1. The lowest BCUT2D eigenvalue weighted by Crippen LogP contribution is -2.29. The van der Waals surface area contributed by atoms with Crippen molar-refractivity contribution in [2.75, 3.05) is 0 Å². The van der Waals surface area contributed by atoms with Gasteiger partial charge < -0.3 is 9.47 Å². The SMILES string of the molecule is CCCCC[C@@]12O[C@H]1CC[C@@H]2OCc1ccccc1. The zero-order valence-corrected chi connectivity index (χ0v) is 11.8. The molecule has 2 aliphatic rings. The van der Waals surface area contributed by atoms with Gasteiger partial charge in [0, 0.05) is 0 Å². The Hall–Kier alpha value is -0.860. The Labute approximate surface area is 116 Å². The summed E-state index contributed by atoms with van der Waals surface area (Å²) in [6.45, 7) is 2.97. The molecule has 0 spiro atoms. The molecule has 2 nitrogen and oxygen atoms in total. The maximum Gasteiger partial charge on any atom is 0.121 e. The van der Waals surface area contributed by atoms with Gasteiger partial charge in [0.1, 0.15) is 5.60 Å². The van der Waals surface area contributed by atoms with E-state index in [-0.39, 0.29) is 5.60 Å². The first-order valence-electron chi connectivity index (χ1n) is 7.68. The maximum absolute atomic E-state index is 6.15. The van der Waals surface area contributed by atoms with Gasteiger partial charge in [-0.1, -0.05) is 56.5 Å². The lowest BCUT2D eigenvalue weighted by atomic mass is 9.97. The molecule has 1 aromatic rings. The van der Waals surface area contributed by atoms with Crippen molar-refractivity contribution in [1.82, 2.24) is 0 Å². The molecule has 3 atom stereocenters. The fraction of sp³-hybridized carbons (Fsp3) is 0.647. The lowest BCUT2D eigenvalue weighted by Gasteiger charge is -2.21. The van der Waals surface area contributed by atoms with Crippen LogP contribution in [0.1, 0.15) is 51.0 Å². The molecule has 104 valence electrons. The van der Waals surface area contributed by atoms with Crippen molar-refractivity contribution in [3.8, 4) is 0 Å². The van der Waals surface area contributed by atoms with Crippen LogP contribution >= 0.6 is 0 Å². The molecule has 1 aromatic carbocycles. The fourth-order valence-corrected chi connectivity index (χ4v) is 3.39. The van der Waals surface area contributed by atoms with Crippen molar-refractivity contribution in [2.45, 2.75) is 69.9 Å². The van der Waals surface area contributed by atoms with Crippen LogP contribution in [0.15, 0.2) is 30.3 Å². The number of rotatable bonds is 7. The van der Waals surface area contributed by atoms with Gasteiger partial charge in [0.15, 0.2) is 0 Å². The van der Waals surface area contributed by atoms with Gasteiger partial charge in [-0.3, -0.25) is 0 Å². The van der Waals surface area contributed by atoms with Gasteiger partial charge in [-0.15, -0.1) is 0 Å². The predicted molar refractivity (Wildman–Crippen MR) is 76.0 cm³/mol. The Morgan fingerprint density at radius 2 is 2.05 bits per heavy atom. The van der Waals surface area contributed by atoms with Crippen LogP contribution in [0, 0.1) is 0 Å². The minimum absolute atomic E-state index is 0.0873. The van der Waals surface area contributed by atoms with Crippen LogP contribution in [0.3, 0.4) is 0 Å². The molecule has 1 aliphatic heterocycles. The summed E-state index contributed by atoms with van der Waals surface area (Å²) in [5.41, 5.74) is 1.35. The largest absolute Gasteiger partial charge is 0.370 e. The summed E-state index contributed by atoms with van der Waals surface area (Å²) in [5, 5.41) is 0. The molecule has 2 heteroatoms. The summed E-state index contributed by atoms with van der Waals surface area (Å²) in [7, 11) is 0. The first-order valence-corrected chi connectivity index (χ1v) is 7.68. The number of ether oxygens (including phenoxy) is 2. The molecule has 19 heavy (non-hydrogen) atoms. The maximum atomic E-state index is 6.15. The zero-order chi connectivity index (χ0) is 13.1. The fourth-order valence-electron chi connectivity index (χ4n) is 3.39. The van der Waals surface area contributed by atoms with E-state index in [0.29, 0.717) is 12.2 Å². The highest BCUT2D eigenvalue weighted by atomic mass is 16.6. The van der Waals surface area contributed by atoms with E-state index < -0.39 is 0 Å². The van der Waals surface area contributed by atoms with Gasteiger partial charge in [0.05, 0.1) is 18.8 Å². The molecule has 1 aliphatic carbocycles. The molecule has 3 rings (SSSR count). The molecule has 0 radical (unpaired) electrons. The molecule has 0 aromatic heterocycles. The highest BCUT2D eigenvalue weighted by Crippen LogP contribution is 2.54. The van der Waals surface area contributed by atoms with Gasteiger partial charge in [-0.25, -0.2) is 0 Å². The number of unbranched alkanes of at least 4 members (excludes halogenated alkanes) is 2. The van der Waals surface area contributed by atoms with E-state index in [1.54, 1.807) is 0 Å². The first-order chi connectivity index (χ1) is 9.35. The highest BCUT2D eigenvalue weighted by molar-refractivity contribution is 5.16. The second-order valence-electron chi connectivity index (χ2n) is 5.88. The van der Waals surface area contributed by atoms with Crippen molar-refractivity contribution in [2.24, 2.45) is 0 Å². The van der Waals surface area contributed by atoms with Crippen molar-refractivity contribution < 1.29 is 9.47 Å². The normalized spacial score (nSPS) is 32.3. The molecule has 2 fully saturated rings. The van der Waals surface area contributed by atoms with Gasteiger partial charge in [0.25, 0.3) is 0 Å². The summed E-state index contributed by atoms with van der Waals surface area (Å²) >= 11 is 0. The summed E-state index contributed by atoms with van der Waals surface area (Å²) in [6, 6.07) is 10.4. The van der Waals surface area contributed by atoms with Crippen molar-refractivity contribution >= 4 is 0 Å². The third-order valence-electron chi connectivity index (χ3n) is 4.55. The average molecular weight is 260 g/mol. The van der Waals surface area contributed by atoms with Crippen LogP contribution in [0.25, 0.3) is 0 Å². The molecule has 1 saturated heterocycles. The minimum Gasteiger partial charge on any atom is -0.370 e. The Kier molecular flexibility index (Phi) is 3.90. The van der Waals surface area contributed by atoms with Gasteiger partial charge in [0.2, 0.25) is 0 Å². The summed E-state index contributed by atoms with van der Waals surface area (Å²) < 4.78 is 12.1. The number of hydrogen-bond acceptors (Lipinski definition) is 2. The van der Waals surface area contributed by atoms with Crippen molar-refractivity contribution in [3.63, 3.8) is 0 Å². The standard InChI is InChI=1S/C17H24O2/c1-2-3-7-12-17-15(10-11-16(17)19-17)18-13-14-8-5-4-6-9-14/h4-6,8-9,15-16H,2-3,7,10-13H2,1H3/t15-,16-,17-/m0/s1. The molecule has 1 saturated carbocycles. The molecular formula is C17H24O2. The van der Waals surface area contributed by atoms with Crippen LogP contribution in [0.5, 0.6) is 0 Å². The molecule has 1 heterocycles. The molecular weight excluding hydrogens is 236 g/mol. The summed E-state index contributed by atoms with van der Waals surface area (Å²) in [4.78, 5) is 0. The topological polar surface area (TPSA) is 21.8 Å². The lowest BCUT2D eigenvalue weighted by molar-refractivity contribution is -0.0214. The summed E-state index contributed by atoms with van der Waals surface area (Å²) in [6.07, 6.45) is 8.21. The van der Waals surface area contributed by atoms with Crippen LogP contribution in [-0.2, 0) is 16.1 Å². The average Bonchev–Trinajstić information content (AvgIpc) is 3.06. The van der Waals surface area contributed by atoms with E-state index in [4.69, 9.17) is 9.47 Å². The van der Waals surface area contributed by atoms with E-state index in [1.807, 2.05) is 6.07 Å². The Balaban J connectivity index is 1.53. The van der Waals surface area contributed by atoms with Crippen LogP contribution in [0.4, 0.5) is 0 Å². The summed E-state index contributed by atoms with van der Waals surface area (Å²) in [5.74, 6) is 0. The highest BCUT2D eigenvalue weighted by Gasteiger charge is 2.65. The predicted octanol–water partition coefficient (Wildman–Crippen LogP) is 4.08. The molecule has 0 N–H and O–H groups in total. The van der Waals surface area contributed by atoms with Crippen molar-refractivity contribution in [3.05, 3.63) is 35.9 Å². The third kappa shape index (κ3) is 2.70. The first kappa shape index (κ1) is 13.1. The number of hydrogen-bond donors (Lipinski definition) is 0. The molecule has 0 bridgehead atoms. The van der Waals surface area contributed by atoms with E-state index in [2.05, 4.69) is 31.2 Å². The third-order valence-corrected chi connectivity index (χ3v) is 4.55. The van der Waals surface area contributed by atoms with Crippen LogP contribution in [-0.4, -0.2) is 17.8 Å². The zero-order valence-electron chi connectivity index (χ0n) is 11.8. The monoisotopic (exact) mass is 260 g/mol. The van der Waals surface area contributed by atoms with Crippen LogP contribution in [0.2, 0.25) is 0 Å². The Bertz CT molecular complexity index is 403. The minimum atomic E-state index is 0.0873. The van der Waals surface area contributed by atoms with Gasteiger partial charge in [-0.05, 0) is 24.8 Å².